The van der Waals surface area contributed by atoms with E-state index in [9.17, 15) is 14.4 Å². The van der Waals surface area contributed by atoms with Gasteiger partial charge in [-0.3, -0.25) is 30.6 Å². The second-order valence-corrected chi connectivity index (χ2v) is 10.9. The van der Waals surface area contributed by atoms with Crippen LogP contribution in [0.4, 0.5) is 5.69 Å². The number of carbonyl (C=O) groups excluding carboxylic acids is 3. The molecule has 204 valence electrons. The largest absolute Gasteiger partial charge is 0.493 e. The van der Waals surface area contributed by atoms with Crippen LogP contribution < -0.4 is 26.2 Å². The van der Waals surface area contributed by atoms with Crippen molar-refractivity contribution in [3.05, 3.63) is 95.1 Å². The summed E-state index contributed by atoms with van der Waals surface area (Å²) < 4.78 is 5.61. The SMILES string of the molecule is CC(C)COc1ccc(C(=O)NC(=S)NNC(=O)c2ccc(NC(=O)c3ccc(C(C)(C)C)cc3)cc2)cc1. The second kappa shape index (κ2) is 13.0. The Morgan fingerprint density at radius 1 is 0.744 bits per heavy atom. The first-order valence-electron chi connectivity index (χ1n) is 12.6. The number of ether oxygens (including phenoxy) is 1. The molecule has 3 amide bonds. The fourth-order valence-electron chi connectivity index (χ4n) is 3.39. The van der Waals surface area contributed by atoms with Gasteiger partial charge >= 0.3 is 0 Å². The van der Waals surface area contributed by atoms with Crippen molar-refractivity contribution >= 4 is 40.7 Å². The molecule has 0 heterocycles. The Hall–Kier alpha value is -4.24. The van der Waals surface area contributed by atoms with E-state index < -0.39 is 11.8 Å². The molecule has 9 heteroatoms. The lowest BCUT2D eigenvalue weighted by Crippen LogP contribution is -2.48. The molecule has 0 aliphatic carbocycles. The molecule has 0 saturated carbocycles. The van der Waals surface area contributed by atoms with E-state index in [1.165, 1.54) is 0 Å². The number of anilines is 1. The van der Waals surface area contributed by atoms with Crippen molar-refractivity contribution < 1.29 is 19.1 Å². The van der Waals surface area contributed by atoms with Crippen molar-refractivity contribution in [2.75, 3.05) is 11.9 Å². The highest BCUT2D eigenvalue weighted by atomic mass is 32.1. The molecule has 8 nitrogen and oxygen atoms in total. The van der Waals surface area contributed by atoms with Gasteiger partial charge in [0.2, 0.25) is 0 Å². The number of rotatable bonds is 7. The summed E-state index contributed by atoms with van der Waals surface area (Å²) in [6.07, 6.45) is 0. The maximum atomic E-state index is 12.6. The summed E-state index contributed by atoms with van der Waals surface area (Å²) in [5, 5.41) is 5.27. The average molecular weight is 547 g/mol. The maximum Gasteiger partial charge on any atom is 0.269 e. The van der Waals surface area contributed by atoms with Crippen molar-refractivity contribution in [1.82, 2.24) is 16.2 Å². The molecule has 0 fully saturated rings. The van der Waals surface area contributed by atoms with E-state index in [0.29, 0.717) is 40.7 Å². The molecule has 0 aromatic heterocycles. The van der Waals surface area contributed by atoms with E-state index in [4.69, 9.17) is 17.0 Å². The topological polar surface area (TPSA) is 109 Å². The first-order valence-corrected chi connectivity index (χ1v) is 13.0. The van der Waals surface area contributed by atoms with Crippen LogP contribution in [0.15, 0.2) is 72.8 Å². The van der Waals surface area contributed by atoms with E-state index in [0.717, 1.165) is 5.56 Å². The molecule has 0 aliphatic rings. The van der Waals surface area contributed by atoms with Crippen LogP contribution in [0.25, 0.3) is 0 Å². The van der Waals surface area contributed by atoms with Crippen LogP contribution in [0.2, 0.25) is 0 Å². The highest BCUT2D eigenvalue weighted by Crippen LogP contribution is 2.22. The molecule has 39 heavy (non-hydrogen) atoms. The van der Waals surface area contributed by atoms with Gasteiger partial charge in [0.15, 0.2) is 5.11 Å². The zero-order valence-electron chi connectivity index (χ0n) is 22.8. The molecule has 0 radical (unpaired) electrons. The van der Waals surface area contributed by atoms with Crippen molar-refractivity contribution in [1.29, 1.82) is 0 Å². The second-order valence-electron chi connectivity index (χ2n) is 10.5. The van der Waals surface area contributed by atoms with Gasteiger partial charge in [0.25, 0.3) is 17.7 Å². The van der Waals surface area contributed by atoms with Gasteiger partial charge in [-0.15, -0.1) is 0 Å². The number of hydrogen-bond acceptors (Lipinski definition) is 5. The lowest BCUT2D eigenvalue weighted by Gasteiger charge is -2.19. The standard InChI is InChI=1S/C30H34N4O4S/c1-19(2)18-38-25-16-10-21(11-17-25)27(36)32-29(39)34-33-28(37)22-8-14-24(15-9-22)31-26(35)20-6-12-23(13-7-20)30(3,4)5/h6-17,19H,18H2,1-5H3,(H,31,35)(H,33,37)(H2,32,34,36,39). The number of nitrogens with one attached hydrogen (secondary N) is 4. The molecule has 0 spiro atoms. The van der Waals surface area contributed by atoms with Gasteiger partial charge in [-0.25, -0.2) is 0 Å². The summed E-state index contributed by atoms with van der Waals surface area (Å²) in [5.74, 6) is -0.0617. The van der Waals surface area contributed by atoms with Crippen molar-refractivity contribution in [2.45, 2.75) is 40.0 Å². The fourth-order valence-corrected chi connectivity index (χ4v) is 3.53. The average Bonchev–Trinajstić information content (AvgIpc) is 2.90. The zero-order chi connectivity index (χ0) is 28.6. The minimum atomic E-state index is -0.464. The fraction of sp³-hybridized carbons (Fsp3) is 0.267. The third kappa shape index (κ3) is 8.93. The summed E-state index contributed by atoms with van der Waals surface area (Å²) in [5.41, 5.74) is 7.92. The third-order valence-corrected chi connectivity index (χ3v) is 5.84. The molecule has 0 bridgehead atoms. The molecular formula is C30H34N4O4S. The van der Waals surface area contributed by atoms with E-state index in [1.807, 2.05) is 12.1 Å². The Morgan fingerprint density at radius 3 is 1.82 bits per heavy atom. The number of hydrogen-bond donors (Lipinski definition) is 4. The predicted octanol–water partition coefficient (Wildman–Crippen LogP) is 5.22. The lowest BCUT2D eigenvalue weighted by atomic mass is 9.87. The first-order chi connectivity index (χ1) is 18.4. The monoisotopic (exact) mass is 546 g/mol. The smallest absolute Gasteiger partial charge is 0.269 e. The molecule has 3 aromatic rings. The van der Waals surface area contributed by atoms with Crippen LogP contribution in [0, 0.1) is 5.92 Å². The summed E-state index contributed by atoms with van der Waals surface area (Å²) in [6.45, 7) is 11.0. The number of thiocarbonyl (C=S) groups is 1. The van der Waals surface area contributed by atoms with E-state index in [2.05, 4.69) is 56.1 Å². The Balaban J connectivity index is 1.46. The predicted molar refractivity (Wildman–Crippen MR) is 157 cm³/mol. The van der Waals surface area contributed by atoms with Crippen LogP contribution in [-0.2, 0) is 5.41 Å². The van der Waals surface area contributed by atoms with Crippen LogP contribution in [0.5, 0.6) is 5.75 Å². The van der Waals surface area contributed by atoms with Crippen LogP contribution in [0.1, 0.15) is 71.3 Å². The van der Waals surface area contributed by atoms with Gasteiger partial charge in [-0.2, -0.15) is 0 Å². The Labute approximate surface area is 234 Å². The van der Waals surface area contributed by atoms with Crippen molar-refractivity contribution in [3.8, 4) is 5.75 Å². The molecule has 0 saturated heterocycles. The van der Waals surface area contributed by atoms with Crippen LogP contribution in [0.3, 0.4) is 0 Å². The minimum Gasteiger partial charge on any atom is -0.493 e. The molecular weight excluding hydrogens is 512 g/mol. The Bertz CT molecular complexity index is 1310. The number of benzene rings is 3. The van der Waals surface area contributed by atoms with Gasteiger partial charge < -0.3 is 10.1 Å². The molecule has 0 aliphatic heterocycles. The number of carbonyl (C=O) groups is 3. The van der Waals surface area contributed by atoms with Crippen molar-refractivity contribution in [2.24, 2.45) is 5.92 Å². The van der Waals surface area contributed by atoms with Gasteiger partial charge in [-0.1, -0.05) is 46.8 Å². The zero-order valence-corrected chi connectivity index (χ0v) is 23.6. The lowest BCUT2D eigenvalue weighted by molar-refractivity contribution is 0.0934. The molecule has 3 aromatic carbocycles. The molecule has 4 N–H and O–H groups in total. The summed E-state index contributed by atoms with van der Waals surface area (Å²) >= 11 is 5.11. The Morgan fingerprint density at radius 2 is 1.26 bits per heavy atom. The summed E-state index contributed by atoms with van der Waals surface area (Å²) in [4.78, 5) is 37.5. The number of amides is 3. The number of hydrazine groups is 1. The van der Waals surface area contributed by atoms with E-state index in [1.54, 1.807) is 60.7 Å². The van der Waals surface area contributed by atoms with Gasteiger partial charge in [0.1, 0.15) is 5.75 Å². The quantitative estimate of drug-likeness (QED) is 0.239. The molecule has 0 atom stereocenters. The van der Waals surface area contributed by atoms with Crippen LogP contribution >= 0.6 is 12.2 Å². The van der Waals surface area contributed by atoms with E-state index in [-0.39, 0.29) is 16.4 Å². The highest BCUT2D eigenvalue weighted by molar-refractivity contribution is 7.80. The van der Waals surface area contributed by atoms with Gasteiger partial charge in [0, 0.05) is 22.4 Å². The molecule has 0 unspecified atom stereocenters. The minimum absolute atomic E-state index is 0.00449. The normalized spacial score (nSPS) is 10.9. The van der Waals surface area contributed by atoms with Crippen LogP contribution in [-0.4, -0.2) is 29.4 Å². The Kier molecular flexibility index (Phi) is 9.78. The van der Waals surface area contributed by atoms with Gasteiger partial charge in [0.05, 0.1) is 6.61 Å². The van der Waals surface area contributed by atoms with E-state index >= 15 is 0 Å². The maximum absolute atomic E-state index is 12.6. The third-order valence-electron chi connectivity index (χ3n) is 5.63. The van der Waals surface area contributed by atoms with Gasteiger partial charge in [-0.05, 0) is 89.8 Å². The van der Waals surface area contributed by atoms with Crippen molar-refractivity contribution in [3.63, 3.8) is 0 Å². The summed E-state index contributed by atoms with van der Waals surface area (Å²) in [6, 6.07) is 20.6. The summed E-state index contributed by atoms with van der Waals surface area (Å²) in [7, 11) is 0. The first kappa shape index (κ1) is 29.3. The highest BCUT2D eigenvalue weighted by Gasteiger charge is 2.15. The molecule has 3 rings (SSSR count).